The third kappa shape index (κ3) is 4.04. The highest BCUT2D eigenvalue weighted by Crippen LogP contribution is 2.26. The molecule has 0 atom stereocenters. The smallest absolute Gasteiger partial charge is 0.294 e. The lowest BCUT2D eigenvalue weighted by atomic mass is 10.1. The highest BCUT2D eigenvalue weighted by Gasteiger charge is 2.37. The van der Waals surface area contributed by atoms with Crippen molar-refractivity contribution in [3.05, 3.63) is 65.7 Å². The molecule has 0 bridgehead atoms. The Kier molecular flexibility index (Phi) is 4.75. The van der Waals surface area contributed by atoms with E-state index in [1.54, 1.807) is 43.3 Å². The van der Waals surface area contributed by atoms with Gasteiger partial charge in [-0.25, -0.2) is 4.99 Å². The van der Waals surface area contributed by atoms with E-state index in [1.165, 1.54) is 18.2 Å². The van der Waals surface area contributed by atoms with Crippen molar-refractivity contribution in [3.8, 4) is 0 Å². The third-order valence-corrected chi connectivity index (χ3v) is 3.12. The van der Waals surface area contributed by atoms with E-state index in [9.17, 15) is 18.0 Å². The molecule has 0 unspecified atom stereocenters. The summed E-state index contributed by atoms with van der Waals surface area (Å²) in [7, 11) is 0. The number of ketones is 1. The van der Waals surface area contributed by atoms with Crippen LogP contribution in [0.2, 0.25) is 0 Å². The Labute approximate surface area is 126 Å². The van der Waals surface area contributed by atoms with E-state index < -0.39 is 24.1 Å². The molecular weight excluding hydrogens is 291 g/mol. The number of halogens is 3. The van der Waals surface area contributed by atoms with Gasteiger partial charge in [-0.3, -0.25) is 4.79 Å². The Morgan fingerprint density at radius 1 is 1.00 bits per heavy atom. The Hall–Kier alpha value is -2.43. The van der Waals surface area contributed by atoms with Crippen LogP contribution in [0, 0.1) is 6.92 Å². The van der Waals surface area contributed by atoms with Crippen molar-refractivity contribution >= 4 is 17.2 Å². The van der Waals surface area contributed by atoms with Gasteiger partial charge in [-0.15, -0.1) is 0 Å². The number of hydrogen-bond donors (Lipinski definition) is 0. The summed E-state index contributed by atoms with van der Waals surface area (Å²) in [6, 6.07) is 14.4. The van der Waals surface area contributed by atoms with Crippen molar-refractivity contribution in [2.45, 2.75) is 19.5 Å². The van der Waals surface area contributed by atoms with Crippen LogP contribution in [0.3, 0.4) is 0 Å². The molecule has 0 aromatic heterocycles. The van der Waals surface area contributed by atoms with E-state index in [0.717, 1.165) is 0 Å². The number of carbonyl (C=O) groups excluding carboxylic acids is 1. The standard InChI is InChI=1S/C17H14F3NO/c1-12-7-5-6-10-14(12)21-16(17(18,19)20)11-15(22)13-8-3-2-4-9-13/h2-10H,11H2,1H3. The van der Waals surface area contributed by atoms with Crippen LogP contribution in [-0.4, -0.2) is 17.7 Å². The molecule has 2 nitrogen and oxygen atoms in total. The summed E-state index contributed by atoms with van der Waals surface area (Å²) < 4.78 is 39.4. The van der Waals surface area contributed by atoms with Gasteiger partial charge >= 0.3 is 6.18 Å². The topological polar surface area (TPSA) is 29.4 Å². The molecule has 0 amide bonds. The number of carbonyl (C=O) groups is 1. The maximum atomic E-state index is 13.1. The molecular formula is C17H14F3NO. The van der Waals surface area contributed by atoms with Crippen molar-refractivity contribution in [2.24, 2.45) is 4.99 Å². The van der Waals surface area contributed by atoms with Crippen LogP contribution in [0.15, 0.2) is 59.6 Å². The highest BCUT2D eigenvalue weighted by molar-refractivity contribution is 6.12. The first-order chi connectivity index (χ1) is 10.4. The molecule has 0 saturated carbocycles. The number of Topliss-reactive ketones (excluding diaryl/α,β-unsaturated/α-hetero) is 1. The average Bonchev–Trinajstić information content (AvgIpc) is 2.48. The number of hydrogen-bond acceptors (Lipinski definition) is 2. The zero-order valence-corrected chi connectivity index (χ0v) is 11.9. The molecule has 2 aromatic rings. The number of alkyl halides is 3. The molecule has 0 fully saturated rings. The molecule has 0 spiro atoms. The Morgan fingerprint density at radius 3 is 2.18 bits per heavy atom. The summed E-state index contributed by atoms with van der Waals surface area (Å²) in [5.41, 5.74) is -0.00742. The first kappa shape index (κ1) is 15.9. The van der Waals surface area contributed by atoms with Crippen LogP contribution in [0.4, 0.5) is 18.9 Å². The van der Waals surface area contributed by atoms with Gasteiger partial charge in [0.15, 0.2) is 5.78 Å². The average molecular weight is 305 g/mol. The maximum Gasteiger partial charge on any atom is 0.429 e. The molecule has 2 aromatic carbocycles. The number of aryl methyl sites for hydroxylation is 1. The predicted molar refractivity (Wildman–Crippen MR) is 79.7 cm³/mol. The molecule has 114 valence electrons. The van der Waals surface area contributed by atoms with Crippen LogP contribution in [-0.2, 0) is 0 Å². The van der Waals surface area contributed by atoms with Crippen molar-refractivity contribution in [1.29, 1.82) is 0 Å². The SMILES string of the molecule is Cc1ccccc1N=C(CC(=O)c1ccccc1)C(F)(F)F. The first-order valence-corrected chi connectivity index (χ1v) is 6.66. The second-order valence-electron chi connectivity index (χ2n) is 4.81. The lowest BCUT2D eigenvalue weighted by molar-refractivity contribution is -0.0601. The van der Waals surface area contributed by atoms with Gasteiger partial charge in [0.05, 0.1) is 12.1 Å². The van der Waals surface area contributed by atoms with Crippen LogP contribution < -0.4 is 0 Å². The largest absolute Gasteiger partial charge is 0.429 e. The summed E-state index contributed by atoms with van der Waals surface area (Å²) in [5.74, 6) is -0.606. The van der Waals surface area contributed by atoms with E-state index in [0.29, 0.717) is 5.56 Å². The Morgan fingerprint density at radius 2 is 1.59 bits per heavy atom. The third-order valence-electron chi connectivity index (χ3n) is 3.12. The van der Waals surface area contributed by atoms with E-state index in [2.05, 4.69) is 4.99 Å². The quantitative estimate of drug-likeness (QED) is 0.583. The van der Waals surface area contributed by atoms with E-state index in [4.69, 9.17) is 0 Å². The van der Waals surface area contributed by atoms with E-state index >= 15 is 0 Å². The fourth-order valence-electron chi connectivity index (χ4n) is 1.92. The van der Waals surface area contributed by atoms with Gasteiger partial charge in [0.25, 0.3) is 0 Å². The summed E-state index contributed by atoms with van der Waals surface area (Å²) >= 11 is 0. The lowest BCUT2D eigenvalue weighted by Crippen LogP contribution is -2.25. The predicted octanol–water partition coefficient (Wildman–Crippen LogP) is 4.90. The molecule has 0 aliphatic heterocycles. The van der Waals surface area contributed by atoms with E-state index in [1.807, 2.05) is 0 Å². The minimum absolute atomic E-state index is 0.218. The molecule has 0 N–H and O–H groups in total. The zero-order valence-electron chi connectivity index (χ0n) is 11.9. The van der Waals surface area contributed by atoms with Gasteiger partial charge in [0, 0.05) is 5.56 Å². The monoisotopic (exact) mass is 305 g/mol. The molecule has 0 saturated heterocycles. The van der Waals surface area contributed by atoms with Gasteiger partial charge in [0.1, 0.15) is 5.71 Å². The normalized spacial score (nSPS) is 12.3. The van der Waals surface area contributed by atoms with Gasteiger partial charge in [0.2, 0.25) is 0 Å². The molecule has 0 aliphatic carbocycles. The second-order valence-corrected chi connectivity index (χ2v) is 4.81. The number of benzene rings is 2. The number of rotatable bonds is 4. The lowest BCUT2D eigenvalue weighted by Gasteiger charge is -2.11. The van der Waals surface area contributed by atoms with Crippen molar-refractivity contribution in [3.63, 3.8) is 0 Å². The first-order valence-electron chi connectivity index (χ1n) is 6.66. The van der Waals surface area contributed by atoms with Crippen molar-refractivity contribution < 1.29 is 18.0 Å². The molecule has 5 heteroatoms. The van der Waals surface area contributed by atoms with Crippen molar-refractivity contribution in [2.75, 3.05) is 0 Å². The number of para-hydroxylation sites is 1. The fraction of sp³-hybridized carbons (Fsp3) is 0.176. The summed E-state index contributed by atoms with van der Waals surface area (Å²) in [4.78, 5) is 15.7. The maximum absolute atomic E-state index is 13.1. The number of nitrogens with zero attached hydrogens (tertiary/aromatic N) is 1. The molecule has 0 heterocycles. The molecule has 0 aliphatic rings. The van der Waals surface area contributed by atoms with Crippen LogP contribution >= 0.6 is 0 Å². The van der Waals surface area contributed by atoms with Gasteiger partial charge in [-0.2, -0.15) is 13.2 Å². The Bertz CT molecular complexity index is 691. The summed E-state index contributed by atoms with van der Waals surface area (Å²) in [6.07, 6.45) is -5.42. The molecule has 22 heavy (non-hydrogen) atoms. The number of aliphatic imine (C=N–C) groups is 1. The van der Waals surface area contributed by atoms with E-state index in [-0.39, 0.29) is 11.3 Å². The van der Waals surface area contributed by atoms with Gasteiger partial charge < -0.3 is 0 Å². The fourth-order valence-corrected chi connectivity index (χ4v) is 1.92. The van der Waals surface area contributed by atoms with Gasteiger partial charge in [-0.1, -0.05) is 48.5 Å². The second kappa shape index (κ2) is 6.56. The molecule has 0 radical (unpaired) electrons. The summed E-state index contributed by atoms with van der Waals surface area (Å²) in [6.45, 7) is 1.67. The van der Waals surface area contributed by atoms with Crippen molar-refractivity contribution in [1.82, 2.24) is 0 Å². The molecule has 2 rings (SSSR count). The zero-order chi connectivity index (χ0) is 16.2. The van der Waals surface area contributed by atoms with Crippen LogP contribution in [0.1, 0.15) is 22.3 Å². The summed E-state index contributed by atoms with van der Waals surface area (Å²) in [5, 5.41) is 0. The van der Waals surface area contributed by atoms with Gasteiger partial charge in [-0.05, 0) is 18.6 Å². The Balaban J connectivity index is 2.32. The highest BCUT2D eigenvalue weighted by atomic mass is 19.4. The minimum Gasteiger partial charge on any atom is -0.294 e. The minimum atomic E-state index is -4.65. The van der Waals surface area contributed by atoms with Crippen LogP contribution in [0.25, 0.3) is 0 Å². The van der Waals surface area contributed by atoms with Crippen LogP contribution in [0.5, 0.6) is 0 Å².